The van der Waals surface area contributed by atoms with E-state index >= 15 is 0 Å². The molecule has 0 aliphatic carbocycles. The van der Waals surface area contributed by atoms with Gasteiger partial charge in [-0.3, -0.25) is 4.79 Å². The first kappa shape index (κ1) is 15.2. The fourth-order valence-electron chi connectivity index (χ4n) is 2.13. The van der Waals surface area contributed by atoms with Crippen LogP contribution in [0.2, 0.25) is 0 Å². The average molecular weight is 299 g/mol. The van der Waals surface area contributed by atoms with Crippen LogP contribution in [0.5, 0.6) is 5.75 Å². The van der Waals surface area contributed by atoms with Gasteiger partial charge in [-0.15, -0.1) is 0 Å². The van der Waals surface area contributed by atoms with E-state index in [1.54, 1.807) is 18.2 Å². The third-order valence-electron chi connectivity index (χ3n) is 3.14. The molecule has 21 heavy (non-hydrogen) atoms. The Bertz CT molecular complexity index is 548. The number of amides is 1. The van der Waals surface area contributed by atoms with Gasteiger partial charge in [0.2, 0.25) is 5.91 Å². The zero-order chi connectivity index (χ0) is 15.5. The summed E-state index contributed by atoms with van der Waals surface area (Å²) in [6, 6.07) is 6.40. The molecule has 0 spiro atoms. The van der Waals surface area contributed by atoms with Crippen molar-refractivity contribution in [3.05, 3.63) is 29.8 Å². The van der Waals surface area contributed by atoms with Crippen LogP contribution in [-0.2, 0) is 16.0 Å². The van der Waals surface area contributed by atoms with Gasteiger partial charge in [0.05, 0.1) is 13.0 Å². The van der Waals surface area contributed by atoms with Crippen LogP contribution in [-0.4, -0.2) is 47.5 Å². The highest BCUT2D eigenvalue weighted by Crippen LogP contribution is 2.27. The van der Waals surface area contributed by atoms with Gasteiger partial charge in [0, 0.05) is 13.0 Å². The van der Waals surface area contributed by atoms with Gasteiger partial charge in [0.25, 0.3) is 5.92 Å². The number of carboxylic acids is 1. The van der Waals surface area contributed by atoms with E-state index in [1.165, 1.54) is 6.07 Å². The fraction of sp³-hybridized carbons (Fsp3) is 0.429. The standard InChI is InChI=1S/C14H15F2NO4/c15-14(16)4-5-17(9-14)12(18)7-10-2-1-3-11(6-10)21-8-13(19)20/h1-3,6H,4-5,7-9H2,(H,19,20). The number of carboxylic acid groups (broad SMARTS) is 1. The second kappa shape index (κ2) is 6.07. The number of aliphatic carboxylic acids is 1. The first-order valence-corrected chi connectivity index (χ1v) is 6.45. The zero-order valence-electron chi connectivity index (χ0n) is 11.2. The molecule has 2 rings (SSSR count). The molecular weight excluding hydrogens is 284 g/mol. The van der Waals surface area contributed by atoms with Crippen molar-refractivity contribution in [3.63, 3.8) is 0 Å². The summed E-state index contributed by atoms with van der Waals surface area (Å²) in [5, 5.41) is 8.53. The first-order valence-electron chi connectivity index (χ1n) is 6.45. The number of halogens is 2. The van der Waals surface area contributed by atoms with Crippen molar-refractivity contribution in [1.29, 1.82) is 0 Å². The largest absolute Gasteiger partial charge is 0.482 e. The summed E-state index contributed by atoms with van der Waals surface area (Å²) in [4.78, 5) is 23.5. The number of ether oxygens (including phenoxy) is 1. The molecule has 1 saturated heterocycles. The Balaban J connectivity index is 1.95. The third-order valence-corrected chi connectivity index (χ3v) is 3.14. The molecule has 1 N–H and O–H groups in total. The summed E-state index contributed by atoms with van der Waals surface area (Å²) < 4.78 is 31.1. The number of hydrogen-bond donors (Lipinski definition) is 1. The number of carbonyl (C=O) groups is 2. The van der Waals surface area contributed by atoms with E-state index in [-0.39, 0.29) is 25.3 Å². The number of carbonyl (C=O) groups excluding carboxylic acids is 1. The Kier molecular flexibility index (Phi) is 4.40. The van der Waals surface area contributed by atoms with E-state index in [4.69, 9.17) is 9.84 Å². The van der Waals surface area contributed by atoms with Crippen LogP contribution in [0.3, 0.4) is 0 Å². The Labute approximate surface area is 120 Å². The van der Waals surface area contributed by atoms with Crippen molar-refractivity contribution in [2.24, 2.45) is 0 Å². The quantitative estimate of drug-likeness (QED) is 0.896. The van der Waals surface area contributed by atoms with E-state index < -0.39 is 25.0 Å². The van der Waals surface area contributed by atoms with Crippen LogP contribution in [0.25, 0.3) is 0 Å². The van der Waals surface area contributed by atoms with Gasteiger partial charge >= 0.3 is 5.97 Å². The van der Waals surface area contributed by atoms with Gasteiger partial charge in [-0.25, -0.2) is 13.6 Å². The summed E-state index contributed by atoms with van der Waals surface area (Å²) >= 11 is 0. The van der Waals surface area contributed by atoms with Gasteiger partial charge in [0.1, 0.15) is 5.75 Å². The molecule has 1 aromatic rings. The molecule has 1 aliphatic rings. The monoisotopic (exact) mass is 299 g/mol. The second-order valence-corrected chi connectivity index (χ2v) is 4.93. The average Bonchev–Trinajstić information content (AvgIpc) is 2.77. The van der Waals surface area contributed by atoms with Gasteiger partial charge in [-0.1, -0.05) is 12.1 Å². The number of alkyl halides is 2. The van der Waals surface area contributed by atoms with Crippen molar-refractivity contribution < 1.29 is 28.2 Å². The van der Waals surface area contributed by atoms with Crippen LogP contribution in [0, 0.1) is 0 Å². The molecule has 1 aromatic carbocycles. The third kappa shape index (κ3) is 4.40. The number of hydrogen-bond acceptors (Lipinski definition) is 3. The normalized spacial score (nSPS) is 16.8. The van der Waals surface area contributed by atoms with Crippen molar-refractivity contribution in [2.45, 2.75) is 18.8 Å². The molecule has 0 aromatic heterocycles. The van der Waals surface area contributed by atoms with E-state index in [9.17, 15) is 18.4 Å². The molecule has 1 heterocycles. The number of benzene rings is 1. The highest BCUT2D eigenvalue weighted by molar-refractivity contribution is 5.79. The van der Waals surface area contributed by atoms with Gasteiger partial charge in [-0.05, 0) is 17.7 Å². The van der Waals surface area contributed by atoms with Crippen LogP contribution >= 0.6 is 0 Å². The van der Waals surface area contributed by atoms with Crippen LogP contribution in [0.1, 0.15) is 12.0 Å². The number of likely N-dealkylation sites (tertiary alicyclic amines) is 1. The van der Waals surface area contributed by atoms with Crippen molar-refractivity contribution >= 4 is 11.9 Å². The molecule has 0 saturated carbocycles. The fourth-order valence-corrected chi connectivity index (χ4v) is 2.13. The highest BCUT2D eigenvalue weighted by Gasteiger charge is 2.39. The van der Waals surface area contributed by atoms with Gasteiger partial charge in [0.15, 0.2) is 6.61 Å². The van der Waals surface area contributed by atoms with E-state index in [2.05, 4.69) is 0 Å². The highest BCUT2D eigenvalue weighted by atomic mass is 19.3. The molecule has 5 nitrogen and oxygen atoms in total. The Morgan fingerprint density at radius 3 is 2.76 bits per heavy atom. The lowest BCUT2D eigenvalue weighted by atomic mass is 10.1. The van der Waals surface area contributed by atoms with Crippen LogP contribution < -0.4 is 4.74 Å². The Morgan fingerprint density at radius 2 is 2.14 bits per heavy atom. The molecule has 0 bridgehead atoms. The summed E-state index contributed by atoms with van der Waals surface area (Å²) in [6.07, 6.45) is -0.319. The molecule has 114 valence electrons. The molecule has 0 atom stereocenters. The molecule has 1 fully saturated rings. The smallest absolute Gasteiger partial charge is 0.341 e. The molecule has 7 heteroatoms. The Morgan fingerprint density at radius 1 is 1.38 bits per heavy atom. The van der Waals surface area contributed by atoms with Crippen molar-refractivity contribution in [2.75, 3.05) is 19.7 Å². The van der Waals surface area contributed by atoms with Crippen molar-refractivity contribution in [1.82, 2.24) is 4.90 Å². The minimum absolute atomic E-state index is 0.0135. The SMILES string of the molecule is O=C(O)COc1cccc(CC(=O)N2CCC(F)(F)C2)c1. The van der Waals surface area contributed by atoms with E-state index in [0.29, 0.717) is 11.3 Å². The van der Waals surface area contributed by atoms with Crippen LogP contribution in [0.4, 0.5) is 8.78 Å². The van der Waals surface area contributed by atoms with Crippen LogP contribution in [0.15, 0.2) is 24.3 Å². The van der Waals surface area contributed by atoms with Gasteiger partial charge in [-0.2, -0.15) is 0 Å². The molecular formula is C14H15F2NO4. The van der Waals surface area contributed by atoms with Gasteiger partial charge < -0.3 is 14.7 Å². The lowest BCUT2D eigenvalue weighted by Gasteiger charge is -2.16. The first-order chi connectivity index (χ1) is 9.85. The summed E-state index contributed by atoms with van der Waals surface area (Å²) in [5.41, 5.74) is 0.595. The summed E-state index contributed by atoms with van der Waals surface area (Å²) in [6.45, 7) is -0.960. The minimum atomic E-state index is -2.80. The maximum atomic E-state index is 13.1. The Hall–Kier alpha value is -2.18. The minimum Gasteiger partial charge on any atom is -0.482 e. The number of rotatable bonds is 5. The van der Waals surface area contributed by atoms with E-state index in [0.717, 1.165) is 4.90 Å². The van der Waals surface area contributed by atoms with Crippen molar-refractivity contribution in [3.8, 4) is 5.75 Å². The maximum Gasteiger partial charge on any atom is 0.341 e. The summed E-state index contributed by atoms with van der Waals surface area (Å²) in [5.74, 6) is -3.95. The molecule has 1 amide bonds. The number of nitrogens with zero attached hydrogens (tertiary/aromatic N) is 1. The lowest BCUT2D eigenvalue weighted by molar-refractivity contribution is -0.139. The predicted octanol–water partition coefficient (Wildman–Crippen LogP) is 1.56. The predicted molar refractivity (Wildman–Crippen MR) is 69.4 cm³/mol. The molecule has 0 radical (unpaired) electrons. The topological polar surface area (TPSA) is 66.8 Å². The lowest BCUT2D eigenvalue weighted by Crippen LogP contribution is -2.32. The van der Waals surface area contributed by atoms with E-state index in [1.807, 2.05) is 0 Å². The molecule has 1 aliphatic heterocycles. The molecule has 0 unspecified atom stereocenters. The maximum absolute atomic E-state index is 13.1. The zero-order valence-corrected chi connectivity index (χ0v) is 11.2. The second-order valence-electron chi connectivity index (χ2n) is 4.93. The summed E-state index contributed by atoms with van der Waals surface area (Å²) in [7, 11) is 0.